The maximum Gasteiger partial charge on any atom is 0.417 e. The van der Waals surface area contributed by atoms with Crippen LogP contribution in [0, 0.1) is 20.8 Å². The molecule has 4 heterocycles. The minimum Gasteiger partial charge on any atom is -0.491 e. The van der Waals surface area contributed by atoms with E-state index in [0.717, 1.165) is 17.3 Å². The summed E-state index contributed by atoms with van der Waals surface area (Å²) >= 11 is 0. The fourth-order valence-corrected chi connectivity index (χ4v) is 4.78. The molecule has 1 aromatic carbocycles. The highest BCUT2D eigenvalue weighted by atomic mass is 19.4. The van der Waals surface area contributed by atoms with Gasteiger partial charge in [-0.15, -0.1) is 0 Å². The quantitative estimate of drug-likeness (QED) is 0.330. The van der Waals surface area contributed by atoms with Crippen LogP contribution in [-0.4, -0.2) is 56.5 Å². The standard InChI is InChI=1S/C27H28F3N7O3/c1-14-24(23-15(2)36-40-16(23)3)34-25(35-26(14)37-10-17-8-32-13-33-22(17)11-37)20-7-19(39-12-18(38)9-31-4)5-6-21(20)27(28,29)30/h5-8,13,18,31,38H,9-12H2,1-4H3. The molecule has 0 saturated carbocycles. The molecule has 3 aromatic heterocycles. The summed E-state index contributed by atoms with van der Waals surface area (Å²) in [6, 6.07) is 3.41. The van der Waals surface area contributed by atoms with Gasteiger partial charge >= 0.3 is 6.18 Å². The van der Waals surface area contributed by atoms with Gasteiger partial charge in [-0.3, -0.25) is 0 Å². The molecule has 0 aliphatic carbocycles. The van der Waals surface area contributed by atoms with Crippen LogP contribution in [0.5, 0.6) is 5.75 Å². The Hall–Kier alpha value is -4.10. The summed E-state index contributed by atoms with van der Waals surface area (Å²) < 4.78 is 53.7. The van der Waals surface area contributed by atoms with E-state index in [9.17, 15) is 18.3 Å². The topological polar surface area (TPSA) is 122 Å². The van der Waals surface area contributed by atoms with Crippen molar-refractivity contribution in [2.75, 3.05) is 25.1 Å². The highest BCUT2D eigenvalue weighted by Crippen LogP contribution is 2.41. The van der Waals surface area contributed by atoms with E-state index in [1.54, 1.807) is 27.1 Å². The molecular formula is C27H28F3N7O3. The predicted octanol–water partition coefficient (Wildman–Crippen LogP) is 4.01. The largest absolute Gasteiger partial charge is 0.491 e. The number of likely N-dealkylation sites (N-methyl/N-ethyl adjacent to an activating group) is 1. The smallest absolute Gasteiger partial charge is 0.417 e. The number of nitrogens with zero attached hydrogens (tertiary/aromatic N) is 6. The van der Waals surface area contributed by atoms with E-state index in [1.807, 2.05) is 11.8 Å². The van der Waals surface area contributed by atoms with Gasteiger partial charge in [-0.25, -0.2) is 19.9 Å². The molecule has 1 aliphatic rings. The molecule has 13 heteroatoms. The molecule has 40 heavy (non-hydrogen) atoms. The van der Waals surface area contributed by atoms with E-state index in [-0.39, 0.29) is 30.3 Å². The number of benzene rings is 1. The van der Waals surface area contributed by atoms with Gasteiger partial charge in [-0.2, -0.15) is 13.2 Å². The molecule has 0 spiro atoms. The average molecular weight is 556 g/mol. The average Bonchev–Trinajstić information content (AvgIpc) is 3.49. The first-order valence-corrected chi connectivity index (χ1v) is 12.6. The first-order valence-electron chi connectivity index (χ1n) is 12.6. The summed E-state index contributed by atoms with van der Waals surface area (Å²) in [5.41, 5.74) is 2.79. The van der Waals surface area contributed by atoms with Crippen molar-refractivity contribution >= 4 is 5.82 Å². The lowest BCUT2D eigenvalue weighted by atomic mass is 10.0. The summed E-state index contributed by atoms with van der Waals surface area (Å²) in [6.45, 7) is 6.30. The Morgan fingerprint density at radius 2 is 1.98 bits per heavy atom. The first kappa shape index (κ1) is 27.5. The van der Waals surface area contributed by atoms with Gasteiger partial charge in [0, 0.05) is 36.0 Å². The number of nitrogens with one attached hydrogen (secondary N) is 1. The normalized spacial score (nSPS) is 13.9. The fourth-order valence-electron chi connectivity index (χ4n) is 4.78. The van der Waals surface area contributed by atoms with E-state index < -0.39 is 17.8 Å². The third-order valence-electron chi connectivity index (χ3n) is 6.69. The number of halogens is 3. The zero-order chi connectivity index (χ0) is 28.6. The maximum absolute atomic E-state index is 14.2. The van der Waals surface area contributed by atoms with Gasteiger partial charge in [-0.1, -0.05) is 5.16 Å². The van der Waals surface area contributed by atoms with E-state index >= 15 is 0 Å². The number of aliphatic hydroxyl groups excluding tert-OH is 1. The Balaban J connectivity index is 1.67. The highest BCUT2D eigenvalue weighted by Gasteiger charge is 2.36. The number of rotatable bonds is 8. The number of anilines is 1. The van der Waals surface area contributed by atoms with Crippen LogP contribution in [0.4, 0.5) is 19.0 Å². The summed E-state index contributed by atoms with van der Waals surface area (Å²) in [4.78, 5) is 19.7. The molecule has 0 amide bonds. The van der Waals surface area contributed by atoms with Crippen LogP contribution in [-0.2, 0) is 19.3 Å². The minimum absolute atomic E-state index is 0.108. The van der Waals surface area contributed by atoms with Crippen LogP contribution in [0.2, 0.25) is 0 Å². The summed E-state index contributed by atoms with van der Waals surface area (Å²) in [7, 11) is 1.67. The van der Waals surface area contributed by atoms with Crippen molar-refractivity contribution in [3.05, 3.63) is 64.6 Å². The van der Waals surface area contributed by atoms with Gasteiger partial charge < -0.3 is 24.6 Å². The van der Waals surface area contributed by atoms with E-state index in [2.05, 4.69) is 30.4 Å². The van der Waals surface area contributed by atoms with Crippen molar-refractivity contribution < 1.29 is 27.5 Å². The van der Waals surface area contributed by atoms with Gasteiger partial charge in [0.1, 0.15) is 36.4 Å². The molecule has 0 radical (unpaired) electrons. The number of hydrogen-bond acceptors (Lipinski definition) is 10. The van der Waals surface area contributed by atoms with Crippen LogP contribution >= 0.6 is 0 Å². The van der Waals surface area contributed by atoms with E-state index in [4.69, 9.17) is 9.26 Å². The Labute approximate surface area is 228 Å². The molecule has 10 nitrogen and oxygen atoms in total. The Morgan fingerprint density at radius 1 is 1.18 bits per heavy atom. The van der Waals surface area contributed by atoms with Crippen LogP contribution in [0.15, 0.2) is 35.2 Å². The number of ether oxygens (including phenoxy) is 1. The Morgan fingerprint density at radius 3 is 2.65 bits per heavy atom. The lowest BCUT2D eigenvalue weighted by molar-refractivity contribution is -0.137. The van der Waals surface area contributed by atoms with Gasteiger partial charge in [-0.05, 0) is 46.0 Å². The molecular weight excluding hydrogens is 527 g/mol. The monoisotopic (exact) mass is 555 g/mol. The first-order chi connectivity index (χ1) is 19.1. The van der Waals surface area contributed by atoms with Crippen LogP contribution < -0.4 is 15.0 Å². The lowest BCUT2D eigenvalue weighted by Crippen LogP contribution is -2.29. The molecule has 0 fully saturated rings. The second kappa shape index (κ2) is 10.8. The van der Waals surface area contributed by atoms with Crippen LogP contribution in [0.1, 0.15) is 33.8 Å². The molecule has 0 saturated heterocycles. The summed E-state index contributed by atoms with van der Waals surface area (Å²) in [5.74, 6) is 0.957. The number of fused-ring (bicyclic) bond motifs is 1. The molecule has 1 atom stereocenters. The van der Waals surface area contributed by atoms with Crippen molar-refractivity contribution in [1.82, 2.24) is 30.4 Å². The number of aliphatic hydroxyl groups is 1. The lowest BCUT2D eigenvalue weighted by Gasteiger charge is -2.22. The van der Waals surface area contributed by atoms with Crippen LogP contribution in [0.3, 0.4) is 0 Å². The van der Waals surface area contributed by atoms with Crippen LogP contribution in [0.25, 0.3) is 22.6 Å². The zero-order valence-electron chi connectivity index (χ0n) is 22.4. The van der Waals surface area contributed by atoms with E-state index in [1.165, 1.54) is 18.5 Å². The van der Waals surface area contributed by atoms with Crippen molar-refractivity contribution in [1.29, 1.82) is 0 Å². The third kappa shape index (κ3) is 5.34. The van der Waals surface area contributed by atoms with Gasteiger partial charge in [0.05, 0.1) is 34.8 Å². The maximum atomic E-state index is 14.2. The van der Waals surface area contributed by atoms with Crippen molar-refractivity contribution in [2.24, 2.45) is 0 Å². The van der Waals surface area contributed by atoms with Gasteiger partial charge in [0.25, 0.3) is 0 Å². The number of alkyl halides is 3. The highest BCUT2D eigenvalue weighted by molar-refractivity contribution is 5.76. The van der Waals surface area contributed by atoms with Gasteiger partial charge in [0.2, 0.25) is 0 Å². The number of aryl methyl sites for hydroxylation is 2. The SMILES string of the molecule is CNCC(O)COc1ccc(C(F)(F)F)c(-c2nc(-c3c(C)noc3C)c(C)c(N3Cc4cncnc4C3)n2)c1. The van der Waals surface area contributed by atoms with Gasteiger partial charge in [0.15, 0.2) is 5.82 Å². The molecule has 4 aromatic rings. The fraction of sp³-hybridized carbons (Fsp3) is 0.370. The molecule has 210 valence electrons. The molecule has 5 rings (SSSR count). The second-order valence-electron chi connectivity index (χ2n) is 9.62. The Kier molecular flexibility index (Phi) is 7.43. The number of aromatic nitrogens is 5. The third-order valence-corrected chi connectivity index (χ3v) is 6.69. The molecule has 2 N–H and O–H groups in total. The van der Waals surface area contributed by atoms with Crippen molar-refractivity contribution in [2.45, 2.75) is 46.1 Å². The molecule has 1 aliphatic heterocycles. The Bertz CT molecular complexity index is 1500. The van der Waals surface area contributed by atoms with Crippen molar-refractivity contribution in [3.63, 3.8) is 0 Å². The summed E-state index contributed by atoms with van der Waals surface area (Å²) in [5, 5.41) is 16.9. The van der Waals surface area contributed by atoms with E-state index in [0.29, 0.717) is 47.2 Å². The molecule has 0 bridgehead atoms. The molecule has 1 unspecified atom stereocenters. The second-order valence-corrected chi connectivity index (χ2v) is 9.62. The number of hydrogen-bond donors (Lipinski definition) is 2. The van der Waals surface area contributed by atoms with Crippen molar-refractivity contribution in [3.8, 4) is 28.4 Å². The minimum atomic E-state index is -4.68. The predicted molar refractivity (Wildman–Crippen MR) is 140 cm³/mol. The summed E-state index contributed by atoms with van der Waals surface area (Å²) in [6.07, 6.45) is -2.34. The zero-order valence-corrected chi connectivity index (χ0v) is 22.4.